The van der Waals surface area contributed by atoms with E-state index in [9.17, 15) is 0 Å². The van der Waals surface area contributed by atoms with Gasteiger partial charge in [0.2, 0.25) is 0 Å². The molecule has 0 aromatic carbocycles. The van der Waals surface area contributed by atoms with Crippen molar-refractivity contribution in [3.63, 3.8) is 0 Å². The van der Waals surface area contributed by atoms with Gasteiger partial charge >= 0.3 is 0 Å². The summed E-state index contributed by atoms with van der Waals surface area (Å²) in [5.41, 5.74) is 11.7. The number of guanidine groups is 1. The van der Waals surface area contributed by atoms with E-state index in [4.69, 9.17) is 11.5 Å². The van der Waals surface area contributed by atoms with Gasteiger partial charge in [-0.1, -0.05) is 20.8 Å². The predicted molar refractivity (Wildman–Crippen MR) is 82.9 cm³/mol. The highest BCUT2D eigenvalue weighted by atomic mass is 15.3. The van der Waals surface area contributed by atoms with E-state index in [1.54, 1.807) is 0 Å². The fourth-order valence-electron chi connectivity index (χ4n) is 2.95. The van der Waals surface area contributed by atoms with Crippen molar-refractivity contribution in [2.24, 2.45) is 21.9 Å². The van der Waals surface area contributed by atoms with Crippen LogP contribution in [0.3, 0.4) is 0 Å². The molecule has 0 radical (unpaired) electrons. The van der Waals surface area contributed by atoms with E-state index >= 15 is 0 Å². The largest absolute Gasteiger partial charge is 0.370 e. The fourth-order valence-corrected chi connectivity index (χ4v) is 2.95. The topological polar surface area (TPSA) is 91.7 Å². The first kappa shape index (κ1) is 15.1. The summed E-state index contributed by atoms with van der Waals surface area (Å²) in [5, 5.41) is 6.59. The summed E-state index contributed by atoms with van der Waals surface area (Å²) < 4.78 is 0. The third kappa shape index (κ3) is 3.86. The zero-order valence-corrected chi connectivity index (χ0v) is 13.0. The summed E-state index contributed by atoms with van der Waals surface area (Å²) in [6.45, 7) is 11.5. The average Bonchev–Trinajstić information content (AvgIpc) is 2.24. The van der Waals surface area contributed by atoms with Gasteiger partial charge in [0.05, 0.1) is 0 Å². The molecule has 114 valence electrons. The van der Waals surface area contributed by atoms with Gasteiger partial charge in [0.15, 0.2) is 5.96 Å². The molecule has 2 heterocycles. The molecule has 2 aliphatic rings. The molecular formula is C14H28N6. The maximum absolute atomic E-state index is 6.44. The molecule has 6 heteroatoms. The summed E-state index contributed by atoms with van der Waals surface area (Å²) in [6.07, 6.45) is 2.78. The molecule has 0 saturated carbocycles. The lowest BCUT2D eigenvalue weighted by atomic mass is 9.84. The lowest BCUT2D eigenvalue weighted by Crippen LogP contribution is -2.55. The van der Waals surface area contributed by atoms with Crippen molar-refractivity contribution < 1.29 is 0 Å². The van der Waals surface area contributed by atoms with Crippen LogP contribution in [0.5, 0.6) is 0 Å². The van der Waals surface area contributed by atoms with Crippen LogP contribution < -0.4 is 22.1 Å². The van der Waals surface area contributed by atoms with Gasteiger partial charge < -0.3 is 27.0 Å². The second-order valence-electron chi connectivity index (χ2n) is 7.18. The molecule has 1 fully saturated rings. The SMILES string of the molecule is C[C@@H]1CN(C2=CC(N)(CC(C)(C)C)N=C(N)N2)CCN1. The molecule has 0 aliphatic carbocycles. The van der Waals surface area contributed by atoms with Crippen molar-refractivity contribution in [1.29, 1.82) is 0 Å². The van der Waals surface area contributed by atoms with E-state index in [0.29, 0.717) is 12.0 Å². The first-order chi connectivity index (χ1) is 9.17. The summed E-state index contributed by atoms with van der Waals surface area (Å²) >= 11 is 0. The molecule has 6 N–H and O–H groups in total. The summed E-state index contributed by atoms with van der Waals surface area (Å²) in [7, 11) is 0. The van der Waals surface area contributed by atoms with Gasteiger partial charge in [0.1, 0.15) is 11.5 Å². The number of rotatable bonds is 2. The third-order valence-corrected chi connectivity index (χ3v) is 3.49. The normalized spacial score (nSPS) is 31.4. The minimum atomic E-state index is -0.725. The fraction of sp³-hybridized carbons (Fsp3) is 0.786. The van der Waals surface area contributed by atoms with E-state index in [2.05, 4.69) is 48.2 Å². The van der Waals surface area contributed by atoms with Crippen LogP contribution >= 0.6 is 0 Å². The van der Waals surface area contributed by atoms with Crippen LogP contribution in [0, 0.1) is 5.41 Å². The third-order valence-electron chi connectivity index (χ3n) is 3.49. The summed E-state index contributed by atoms with van der Waals surface area (Å²) in [5.74, 6) is 1.39. The van der Waals surface area contributed by atoms with Crippen molar-refractivity contribution >= 4 is 5.96 Å². The molecule has 2 aliphatic heterocycles. The number of hydrogen-bond acceptors (Lipinski definition) is 6. The highest BCUT2D eigenvalue weighted by molar-refractivity contribution is 5.81. The Morgan fingerprint density at radius 1 is 1.50 bits per heavy atom. The molecule has 0 aromatic heterocycles. The van der Waals surface area contributed by atoms with Gasteiger partial charge in [0.25, 0.3) is 0 Å². The maximum Gasteiger partial charge on any atom is 0.196 e. The molecule has 2 rings (SSSR count). The predicted octanol–water partition coefficient (Wildman–Crippen LogP) is 0.131. The van der Waals surface area contributed by atoms with E-state index in [1.165, 1.54) is 0 Å². The Morgan fingerprint density at radius 2 is 2.20 bits per heavy atom. The Bertz CT molecular complexity index is 422. The van der Waals surface area contributed by atoms with Crippen molar-refractivity contribution in [3.05, 3.63) is 11.9 Å². The van der Waals surface area contributed by atoms with E-state index in [-0.39, 0.29) is 5.41 Å². The van der Waals surface area contributed by atoms with E-state index in [1.807, 2.05) is 6.08 Å². The molecule has 20 heavy (non-hydrogen) atoms. The highest BCUT2D eigenvalue weighted by Gasteiger charge is 2.33. The Kier molecular flexibility index (Phi) is 3.97. The second-order valence-corrected chi connectivity index (χ2v) is 7.18. The minimum Gasteiger partial charge on any atom is -0.370 e. The second kappa shape index (κ2) is 5.26. The number of nitrogens with two attached hydrogens (primary N) is 2. The van der Waals surface area contributed by atoms with Crippen LogP contribution in [0.4, 0.5) is 0 Å². The van der Waals surface area contributed by atoms with Crippen LogP contribution in [0.25, 0.3) is 0 Å². The molecule has 0 amide bonds. The van der Waals surface area contributed by atoms with Gasteiger partial charge in [-0.25, -0.2) is 4.99 Å². The minimum absolute atomic E-state index is 0.0915. The van der Waals surface area contributed by atoms with Crippen LogP contribution in [0.1, 0.15) is 34.1 Å². The average molecular weight is 280 g/mol. The van der Waals surface area contributed by atoms with Gasteiger partial charge in [-0.2, -0.15) is 0 Å². The van der Waals surface area contributed by atoms with Gasteiger partial charge in [0, 0.05) is 25.7 Å². The maximum atomic E-state index is 6.44. The monoisotopic (exact) mass is 280 g/mol. The van der Waals surface area contributed by atoms with Crippen molar-refractivity contribution in [2.75, 3.05) is 19.6 Å². The summed E-state index contributed by atoms with van der Waals surface area (Å²) in [4.78, 5) is 6.69. The molecule has 2 atom stereocenters. The lowest BCUT2D eigenvalue weighted by Gasteiger charge is -2.40. The smallest absolute Gasteiger partial charge is 0.196 e. The molecule has 1 saturated heterocycles. The zero-order valence-electron chi connectivity index (χ0n) is 13.0. The van der Waals surface area contributed by atoms with Crippen LogP contribution in [-0.4, -0.2) is 42.2 Å². The number of piperazine rings is 1. The lowest BCUT2D eigenvalue weighted by molar-refractivity contribution is 0.236. The molecule has 0 spiro atoms. The van der Waals surface area contributed by atoms with E-state index < -0.39 is 5.66 Å². The Balaban J connectivity index is 2.19. The first-order valence-corrected chi connectivity index (χ1v) is 7.29. The number of nitrogens with one attached hydrogen (secondary N) is 2. The standard InChI is InChI=1S/C14H28N6/c1-10-8-20(6-5-17-10)11-7-14(16,9-13(2,3)4)19-12(15)18-11/h7,10,17H,5-6,8-9,16H2,1-4H3,(H3,15,18,19)/t10-,14?/m1/s1. The Labute approximate surface area is 121 Å². The van der Waals surface area contributed by atoms with Crippen molar-refractivity contribution in [2.45, 2.75) is 45.8 Å². The first-order valence-electron chi connectivity index (χ1n) is 7.29. The molecular weight excluding hydrogens is 252 g/mol. The number of hydrogen-bond donors (Lipinski definition) is 4. The van der Waals surface area contributed by atoms with Gasteiger partial charge in [-0.3, -0.25) is 0 Å². The quantitative estimate of drug-likeness (QED) is 0.577. The summed E-state index contributed by atoms with van der Waals surface area (Å²) in [6, 6.07) is 0.460. The molecule has 0 bridgehead atoms. The van der Waals surface area contributed by atoms with Crippen molar-refractivity contribution in [3.8, 4) is 0 Å². The Hall–Kier alpha value is -1.27. The van der Waals surface area contributed by atoms with Crippen LogP contribution in [-0.2, 0) is 0 Å². The zero-order chi connectivity index (χ0) is 15.0. The Morgan fingerprint density at radius 3 is 2.80 bits per heavy atom. The van der Waals surface area contributed by atoms with Crippen LogP contribution in [0.15, 0.2) is 16.9 Å². The molecule has 0 aromatic rings. The molecule has 6 nitrogen and oxygen atoms in total. The van der Waals surface area contributed by atoms with Crippen molar-refractivity contribution in [1.82, 2.24) is 15.5 Å². The number of aliphatic imine (C=N–C) groups is 1. The van der Waals surface area contributed by atoms with Gasteiger partial charge in [-0.15, -0.1) is 0 Å². The van der Waals surface area contributed by atoms with E-state index in [0.717, 1.165) is 31.9 Å². The molecule has 1 unspecified atom stereocenters. The van der Waals surface area contributed by atoms with Crippen LogP contribution in [0.2, 0.25) is 0 Å². The highest BCUT2D eigenvalue weighted by Crippen LogP contribution is 2.30. The van der Waals surface area contributed by atoms with Gasteiger partial charge in [-0.05, 0) is 24.8 Å². The number of nitrogens with zero attached hydrogens (tertiary/aromatic N) is 2.